The molecule has 34 heavy (non-hydrogen) atoms. The molecule has 0 heterocycles. The molecule has 1 atom stereocenters. The van der Waals surface area contributed by atoms with E-state index in [2.05, 4.69) is 6.92 Å². The van der Waals surface area contributed by atoms with Gasteiger partial charge in [-0.1, -0.05) is 110 Å². The van der Waals surface area contributed by atoms with Crippen LogP contribution in [-0.2, 0) is 29.2 Å². The Balaban J connectivity index is 3.73. The maximum atomic E-state index is 12.0. The Bertz CT molecular complexity index is 644. The Morgan fingerprint density at radius 3 is 1.62 bits per heavy atom. The van der Waals surface area contributed by atoms with E-state index in [1.54, 1.807) is 6.08 Å². The first-order chi connectivity index (χ1) is 16.3. The van der Waals surface area contributed by atoms with Crippen molar-refractivity contribution in [2.75, 3.05) is 6.61 Å². The van der Waals surface area contributed by atoms with Crippen LogP contribution in [0, 0.1) is 0 Å². The quantitative estimate of drug-likeness (QED) is 0.0697. The topological polar surface area (TPSA) is 107 Å². The summed E-state index contributed by atoms with van der Waals surface area (Å²) in [4.78, 5) is 23.7. The number of hydrogen-bond donors (Lipinski definition) is 1. The summed E-state index contributed by atoms with van der Waals surface area (Å²) < 4.78 is 41.8. The van der Waals surface area contributed by atoms with E-state index in [0.29, 0.717) is 12.8 Å². The molecule has 0 aromatic heterocycles. The van der Waals surface area contributed by atoms with Crippen molar-refractivity contribution < 1.29 is 32.0 Å². The first-order valence-electron chi connectivity index (χ1n) is 13.3. The molecule has 7 nitrogen and oxygen atoms in total. The van der Waals surface area contributed by atoms with E-state index in [0.717, 1.165) is 25.5 Å². The minimum atomic E-state index is -4.76. The largest absolute Gasteiger partial charge is 0.465 e. The second kappa shape index (κ2) is 22.1. The maximum Gasteiger partial charge on any atom is 0.327 e. The molecule has 0 spiro atoms. The average Bonchev–Trinajstić information content (AvgIpc) is 2.78. The molecule has 0 aliphatic heterocycles. The van der Waals surface area contributed by atoms with Gasteiger partial charge in [0.05, 0.1) is 19.3 Å². The Labute approximate surface area is 207 Å². The van der Waals surface area contributed by atoms with Gasteiger partial charge in [-0.2, -0.15) is 8.42 Å². The van der Waals surface area contributed by atoms with E-state index >= 15 is 0 Å². The number of unbranched alkanes of at least 4 members (excludes halogenated alkanes) is 15. The molecule has 1 unspecified atom stereocenters. The van der Waals surface area contributed by atoms with Crippen molar-refractivity contribution in [3.8, 4) is 0 Å². The van der Waals surface area contributed by atoms with Crippen LogP contribution >= 0.6 is 0 Å². The number of rotatable bonds is 23. The summed E-state index contributed by atoms with van der Waals surface area (Å²) in [6.45, 7) is 4.15. The Kier molecular flexibility index (Phi) is 21.2. The summed E-state index contributed by atoms with van der Waals surface area (Å²) in [5.74, 6) is -2.05. The zero-order valence-corrected chi connectivity index (χ0v) is 22.3. The molecule has 0 saturated carbocycles. The number of ether oxygens (including phenoxy) is 2. The number of allylic oxidation sites excluding steroid dienone is 1. The second-order valence-electron chi connectivity index (χ2n) is 8.95. The average molecular weight is 505 g/mol. The van der Waals surface area contributed by atoms with Crippen molar-refractivity contribution in [1.82, 2.24) is 0 Å². The van der Waals surface area contributed by atoms with Crippen molar-refractivity contribution in [3.63, 3.8) is 0 Å². The molecule has 0 rings (SSSR count). The van der Waals surface area contributed by atoms with Crippen LogP contribution in [-0.4, -0.2) is 36.8 Å². The van der Waals surface area contributed by atoms with Gasteiger partial charge >= 0.3 is 11.9 Å². The SMILES string of the molecule is CC/C=C/OC(=O)CC(C(=O)OCCCCCCCCCCCCCCCCCC)S(=O)(=O)O. The number of carbonyl (C=O) groups excluding carboxylic acids is 2. The highest BCUT2D eigenvalue weighted by molar-refractivity contribution is 7.87. The monoisotopic (exact) mass is 504 g/mol. The van der Waals surface area contributed by atoms with Crippen LogP contribution in [0.1, 0.15) is 129 Å². The highest BCUT2D eigenvalue weighted by Gasteiger charge is 2.35. The van der Waals surface area contributed by atoms with Crippen LogP contribution in [0.15, 0.2) is 12.3 Å². The fraction of sp³-hybridized carbons (Fsp3) is 0.846. The van der Waals surface area contributed by atoms with Crippen LogP contribution < -0.4 is 0 Å². The van der Waals surface area contributed by atoms with Crippen LogP contribution in [0.3, 0.4) is 0 Å². The van der Waals surface area contributed by atoms with Crippen molar-refractivity contribution in [1.29, 1.82) is 0 Å². The van der Waals surface area contributed by atoms with Gasteiger partial charge < -0.3 is 9.47 Å². The van der Waals surface area contributed by atoms with Crippen molar-refractivity contribution in [3.05, 3.63) is 12.3 Å². The molecular weight excluding hydrogens is 456 g/mol. The lowest BCUT2D eigenvalue weighted by Crippen LogP contribution is -2.34. The molecule has 1 N–H and O–H groups in total. The van der Waals surface area contributed by atoms with Crippen LogP contribution in [0.5, 0.6) is 0 Å². The molecule has 0 bridgehead atoms. The molecule has 0 aromatic carbocycles. The second-order valence-corrected chi connectivity index (χ2v) is 10.5. The van der Waals surface area contributed by atoms with Gasteiger partial charge in [0.15, 0.2) is 5.25 Å². The van der Waals surface area contributed by atoms with Gasteiger partial charge in [-0.3, -0.25) is 14.1 Å². The van der Waals surface area contributed by atoms with Crippen LogP contribution in [0.25, 0.3) is 0 Å². The van der Waals surface area contributed by atoms with E-state index in [9.17, 15) is 22.6 Å². The minimum absolute atomic E-state index is 0.0636. The minimum Gasteiger partial charge on any atom is -0.465 e. The third-order valence-electron chi connectivity index (χ3n) is 5.75. The highest BCUT2D eigenvalue weighted by Crippen LogP contribution is 2.14. The Morgan fingerprint density at radius 1 is 0.765 bits per heavy atom. The third-order valence-corrected chi connectivity index (χ3v) is 6.83. The van der Waals surface area contributed by atoms with E-state index < -0.39 is 33.7 Å². The van der Waals surface area contributed by atoms with Crippen molar-refractivity contribution >= 4 is 22.1 Å². The zero-order valence-electron chi connectivity index (χ0n) is 21.5. The lowest BCUT2D eigenvalue weighted by molar-refractivity contribution is -0.147. The smallest absolute Gasteiger partial charge is 0.327 e. The summed E-state index contributed by atoms with van der Waals surface area (Å²) in [6, 6.07) is 0. The predicted octanol–water partition coefficient (Wildman–Crippen LogP) is 6.90. The van der Waals surface area contributed by atoms with Gasteiger partial charge in [0.2, 0.25) is 0 Å². The molecule has 0 aromatic rings. The van der Waals surface area contributed by atoms with Crippen molar-refractivity contribution in [2.24, 2.45) is 0 Å². The van der Waals surface area contributed by atoms with Gasteiger partial charge in [0.1, 0.15) is 0 Å². The molecule has 0 saturated heterocycles. The van der Waals surface area contributed by atoms with Crippen molar-refractivity contribution in [2.45, 2.75) is 135 Å². The summed E-state index contributed by atoms with van der Waals surface area (Å²) >= 11 is 0. The van der Waals surface area contributed by atoms with Gasteiger partial charge in [-0.05, 0) is 18.9 Å². The van der Waals surface area contributed by atoms with Crippen LogP contribution in [0.4, 0.5) is 0 Å². The first kappa shape index (κ1) is 32.6. The first-order valence-corrected chi connectivity index (χ1v) is 14.8. The predicted molar refractivity (Wildman–Crippen MR) is 136 cm³/mol. The van der Waals surface area contributed by atoms with Gasteiger partial charge in [-0.15, -0.1) is 0 Å². The number of carbonyl (C=O) groups is 2. The van der Waals surface area contributed by atoms with Crippen LogP contribution in [0.2, 0.25) is 0 Å². The lowest BCUT2D eigenvalue weighted by Gasteiger charge is -2.12. The van der Waals surface area contributed by atoms with Gasteiger partial charge in [0, 0.05) is 0 Å². The molecule has 0 amide bonds. The third kappa shape index (κ3) is 20.0. The molecule has 200 valence electrons. The lowest BCUT2D eigenvalue weighted by atomic mass is 10.0. The van der Waals surface area contributed by atoms with E-state index in [-0.39, 0.29) is 6.61 Å². The maximum absolute atomic E-state index is 12.0. The molecular formula is C26H48O7S. The molecule has 8 heteroatoms. The fourth-order valence-electron chi connectivity index (χ4n) is 3.65. The fourth-order valence-corrected chi connectivity index (χ4v) is 4.30. The summed E-state index contributed by atoms with van der Waals surface area (Å²) in [5, 5.41) is -1.96. The molecule has 0 fully saturated rings. The molecule has 0 aliphatic rings. The summed E-state index contributed by atoms with van der Waals surface area (Å²) in [5.41, 5.74) is 0. The number of esters is 2. The molecule has 0 aliphatic carbocycles. The Morgan fingerprint density at radius 2 is 1.21 bits per heavy atom. The van der Waals surface area contributed by atoms with Gasteiger partial charge in [-0.25, -0.2) is 0 Å². The standard InChI is InChI=1S/C26H48O7S/c1-3-5-7-8-9-10-11-12-13-14-15-16-17-18-19-20-22-33-26(28)24(34(29,30)31)23-25(27)32-21-6-4-2/h6,21,24H,3-5,7-20,22-23H2,1-2H3,(H,29,30,31)/b21-6+. The highest BCUT2D eigenvalue weighted by atomic mass is 32.2. The summed E-state index contributed by atoms with van der Waals surface area (Å²) in [7, 11) is -4.76. The zero-order chi connectivity index (χ0) is 25.5. The van der Waals surface area contributed by atoms with E-state index in [4.69, 9.17) is 9.47 Å². The van der Waals surface area contributed by atoms with E-state index in [1.807, 2.05) is 6.92 Å². The van der Waals surface area contributed by atoms with Gasteiger partial charge in [0.25, 0.3) is 10.1 Å². The summed E-state index contributed by atoms with van der Waals surface area (Å²) in [6.07, 6.45) is 22.2. The Hall–Kier alpha value is -1.41. The normalized spacial score (nSPS) is 12.7. The number of hydrogen-bond acceptors (Lipinski definition) is 6. The van der Waals surface area contributed by atoms with E-state index in [1.165, 1.54) is 77.0 Å². The molecule has 0 radical (unpaired) electrons.